The van der Waals surface area contributed by atoms with Crippen molar-refractivity contribution in [2.24, 2.45) is 20.7 Å². The number of amidine groups is 1. The zero-order chi connectivity index (χ0) is 15.4. The van der Waals surface area contributed by atoms with Crippen molar-refractivity contribution >= 4 is 46.6 Å². The maximum atomic E-state index is 11.9. The van der Waals surface area contributed by atoms with E-state index in [-0.39, 0.29) is 11.8 Å². The highest BCUT2D eigenvalue weighted by Gasteiger charge is 2.55. The number of aliphatic hydroxyl groups excluding tert-OH is 3. The van der Waals surface area contributed by atoms with E-state index in [1.807, 2.05) is 0 Å². The Morgan fingerprint density at radius 1 is 1.43 bits per heavy atom. The van der Waals surface area contributed by atoms with E-state index in [1.165, 1.54) is 11.2 Å². The Balaban J connectivity index is 1.93. The fraction of sp³-hybridized carbons (Fsp3) is 0.600. The van der Waals surface area contributed by atoms with Gasteiger partial charge in [0.25, 0.3) is 5.91 Å². The largest absolute Gasteiger partial charge is 0.394 e. The zero-order valence-corrected chi connectivity index (χ0v) is 12.7. The van der Waals surface area contributed by atoms with Crippen molar-refractivity contribution in [2.45, 2.75) is 28.1 Å². The second kappa shape index (κ2) is 4.95. The van der Waals surface area contributed by atoms with Gasteiger partial charge in [0.05, 0.1) is 12.9 Å². The molecule has 0 radical (unpaired) electrons. The Labute approximate surface area is 132 Å². The highest BCUT2D eigenvalue weighted by molar-refractivity contribution is 14.1. The number of rotatable bonds is 2. The highest BCUT2D eigenvalue weighted by atomic mass is 127. The number of nitrogens with two attached hydrogens (primary N) is 1. The molecule has 114 valence electrons. The number of alkyl halides is 1. The summed E-state index contributed by atoms with van der Waals surface area (Å²) in [4.78, 5) is 24.8. The van der Waals surface area contributed by atoms with E-state index in [0.717, 1.165) is 0 Å². The molecule has 5 atom stereocenters. The Kier molecular flexibility index (Phi) is 3.48. The Morgan fingerprint density at radius 2 is 2.14 bits per heavy atom. The number of fused-ring (bicyclic) bond motifs is 1. The molecule has 0 aromatic heterocycles. The van der Waals surface area contributed by atoms with E-state index < -0.39 is 40.6 Å². The number of hydrogen-bond donors (Lipinski definition) is 4. The summed E-state index contributed by atoms with van der Waals surface area (Å²) in [5.74, 6) is -0.656. The van der Waals surface area contributed by atoms with Gasteiger partial charge in [-0.1, -0.05) is 0 Å². The van der Waals surface area contributed by atoms with Gasteiger partial charge in [0, 0.05) is 0 Å². The van der Waals surface area contributed by atoms with Gasteiger partial charge in [-0.2, -0.15) is 9.98 Å². The summed E-state index contributed by atoms with van der Waals surface area (Å²) in [5, 5.41) is 28.9. The maximum absolute atomic E-state index is 11.9. The van der Waals surface area contributed by atoms with Crippen LogP contribution in [0.4, 0.5) is 0 Å². The summed E-state index contributed by atoms with van der Waals surface area (Å²) in [7, 11) is 0. The molecular formula is C10H12IN5O5. The molecule has 3 rings (SSSR count). The van der Waals surface area contributed by atoms with Gasteiger partial charge in [0.2, 0.25) is 9.51 Å². The average molecular weight is 409 g/mol. The second-order valence-corrected chi connectivity index (χ2v) is 6.27. The van der Waals surface area contributed by atoms with Crippen LogP contribution >= 0.6 is 22.6 Å². The molecular weight excluding hydrogens is 397 g/mol. The van der Waals surface area contributed by atoms with Gasteiger partial charge in [-0.3, -0.25) is 9.69 Å². The van der Waals surface area contributed by atoms with E-state index in [0.29, 0.717) is 0 Å². The first-order valence-electron chi connectivity index (χ1n) is 6.01. The van der Waals surface area contributed by atoms with Crippen LogP contribution in [0.1, 0.15) is 0 Å². The van der Waals surface area contributed by atoms with E-state index in [4.69, 9.17) is 15.6 Å². The normalized spacial score (nSPS) is 42.1. The van der Waals surface area contributed by atoms with Gasteiger partial charge < -0.3 is 25.8 Å². The minimum Gasteiger partial charge on any atom is -0.394 e. The number of amides is 1. The SMILES string of the molecule is NC1=NC(=O)C2(I)N=CN([C@@H]3O[C@H](CO)[C@@H](O)[C@H]3O)C2=N1. The minimum absolute atomic E-state index is 0.149. The maximum Gasteiger partial charge on any atom is 0.294 e. The molecule has 3 heterocycles. The molecule has 0 saturated carbocycles. The van der Waals surface area contributed by atoms with Gasteiger partial charge >= 0.3 is 0 Å². The average Bonchev–Trinajstić information content (AvgIpc) is 2.91. The summed E-state index contributed by atoms with van der Waals surface area (Å²) in [6, 6.07) is 0. The number of ether oxygens (including phenoxy) is 1. The number of hydrogen-bond acceptors (Lipinski definition) is 9. The van der Waals surface area contributed by atoms with Gasteiger partial charge in [-0.25, -0.2) is 4.99 Å². The van der Waals surface area contributed by atoms with Crippen molar-refractivity contribution in [3.8, 4) is 0 Å². The van der Waals surface area contributed by atoms with Gasteiger partial charge in [0.15, 0.2) is 12.1 Å². The molecule has 5 N–H and O–H groups in total. The summed E-state index contributed by atoms with van der Waals surface area (Å²) in [6.45, 7) is -0.454. The number of guanidine groups is 1. The Morgan fingerprint density at radius 3 is 2.76 bits per heavy atom. The van der Waals surface area contributed by atoms with E-state index in [2.05, 4.69) is 15.0 Å². The number of nitrogens with zero attached hydrogens (tertiary/aromatic N) is 4. The standard InChI is InChI=1S/C10H12IN5O5/c11-10-7(14-9(12)15-8(10)20)16(2-13-10)6-5(19)4(18)3(1-17)21-6/h2-6,17-19H,1H2,(H2,12,15,20)/t3-,4-,5-,6-,10?/m1/s1. The summed E-state index contributed by atoms with van der Waals surface area (Å²) >= 11 is 1.78. The van der Waals surface area contributed by atoms with Gasteiger partial charge in [-0.05, 0) is 22.6 Å². The molecule has 11 heteroatoms. The molecule has 21 heavy (non-hydrogen) atoms. The monoisotopic (exact) mass is 409 g/mol. The van der Waals surface area contributed by atoms with E-state index >= 15 is 0 Å². The number of carbonyl (C=O) groups excluding carboxylic acids is 1. The Bertz CT molecular complexity index is 580. The molecule has 1 unspecified atom stereocenters. The van der Waals surface area contributed by atoms with Crippen LogP contribution in [0.2, 0.25) is 0 Å². The third-order valence-corrected chi connectivity index (χ3v) is 4.63. The van der Waals surface area contributed by atoms with Crippen LogP contribution in [0.15, 0.2) is 15.0 Å². The van der Waals surface area contributed by atoms with Crippen molar-refractivity contribution < 1.29 is 24.9 Å². The number of aliphatic hydroxyl groups is 3. The lowest BCUT2D eigenvalue weighted by molar-refractivity contribution is -0.118. The quantitative estimate of drug-likeness (QED) is 0.218. The van der Waals surface area contributed by atoms with Crippen molar-refractivity contribution in [2.75, 3.05) is 6.61 Å². The van der Waals surface area contributed by atoms with Crippen molar-refractivity contribution in [3.63, 3.8) is 0 Å². The van der Waals surface area contributed by atoms with Crippen molar-refractivity contribution in [3.05, 3.63) is 0 Å². The van der Waals surface area contributed by atoms with Crippen molar-refractivity contribution in [1.82, 2.24) is 4.90 Å². The smallest absolute Gasteiger partial charge is 0.294 e. The van der Waals surface area contributed by atoms with Crippen LogP contribution in [0.5, 0.6) is 0 Å². The molecule has 3 aliphatic heterocycles. The van der Waals surface area contributed by atoms with Crippen LogP contribution < -0.4 is 5.73 Å². The first kappa shape index (κ1) is 14.8. The first-order valence-corrected chi connectivity index (χ1v) is 7.09. The van der Waals surface area contributed by atoms with Crippen LogP contribution in [0.25, 0.3) is 0 Å². The van der Waals surface area contributed by atoms with E-state index in [1.54, 1.807) is 22.6 Å². The fourth-order valence-electron chi connectivity index (χ4n) is 2.32. The topological polar surface area (TPSA) is 153 Å². The molecule has 1 saturated heterocycles. The molecule has 0 aromatic rings. The Hall–Kier alpha value is -1.15. The molecule has 0 aliphatic carbocycles. The van der Waals surface area contributed by atoms with Crippen LogP contribution in [0, 0.1) is 0 Å². The molecule has 0 bridgehead atoms. The number of carbonyl (C=O) groups is 1. The first-order chi connectivity index (χ1) is 9.88. The zero-order valence-electron chi connectivity index (χ0n) is 10.5. The number of halogens is 1. The van der Waals surface area contributed by atoms with Crippen molar-refractivity contribution in [1.29, 1.82) is 0 Å². The molecule has 3 aliphatic rings. The van der Waals surface area contributed by atoms with Crippen LogP contribution in [-0.2, 0) is 9.53 Å². The van der Waals surface area contributed by atoms with E-state index in [9.17, 15) is 15.0 Å². The lowest BCUT2D eigenvalue weighted by atomic mass is 10.1. The van der Waals surface area contributed by atoms with Crippen LogP contribution in [0.3, 0.4) is 0 Å². The lowest BCUT2D eigenvalue weighted by Crippen LogP contribution is -2.52. The molecule has 0 spiro atoms. The predicted octanol–water partition coefficient (Wildman–Crippen LogP) is -2.85. The third-order valence-electron chi connectivity index (χ3n) is 3.41. The van der Waals surface area contributed by atoms with Gasteiger partial charge in [-0.15, -0.1) is 0 Å². The fourth-order valence-corrected chi connectivity index (χ4v) is 2.96. The molecule has 0 aromatic carbocycles. The molecule has 1 fully saturated rings. The van der Waals surface area contributed by atoms with Gasteiger partial charge in [0.1, 0.15) is 18.3 Å². The summed E-state index contributed by atoms with van der Waals surface area (Å²) in [5.41, 5.74) is 5.48. The second-order valence-electron chi connectivity index (χ2n) is 4.71. The lowest BCUT2D eigenvalue weighted by Gasteiger charge is -2.29. The van der Waals surface area contributed by atoms with Crippen LogP contribution in [-0.4, -0.2) is 79.0 Å². The summed E-state index contributed by atoms with van der Waals surface area (Å²) in [6.07, 6.45) is -3.25. The third kappa shape index (κ3) is 2.07. The molecule has 10 nitrogen and oxygen atoms in total. The predicted molar refractivity (Wildman–Crippen MR) is 78.9 cm³/mol. The summed E-state index contributed by atoms with van der Waals surface area (Å²) < 4.78 is 4.04. The molecule has 1 amide bonds. The minimum atomic E-state index is -1.36. The highest BCUT2D eigenvalue weighted by Crippen LogP contribution is 2.36. The number of aliphatic imine (C=N–C) groups is 3.